The van der Waals surface area contributed by atoms with Crippen molar-refractivity contribution in [3.05, 3.63) is 35.9 Å². The molecule has 0 aliphatic carbocycles. The number of hydrogen-bond donors (Lipinski definition) is 1. The third-order valence-corrected chi connectivity index (χ3v) is 3.27. The molecule has 0 spiro atoms. The highest BCUT2D eigenvalue weighted by Gasteiger charge is 2.29. The van der Waals surface area contributed by atoms with Crippen LogP contribution in [0.4, 0.5) is 11.4 Å². The van der Waals surface area contributed by atoms with E-state index in [2.05, 4.69) is 6.92 Å². The third kappa shape index (κ3) is 2.87. The zero-order valence-electron chi connectivity index (χ0n) is 13.7. The molecule has 21 heavy (non-hydrogen) atoms. The Morgan fingerprint density at radius 2 is 1.71 bits per heavy atom. The number of benzene rings is 2. The maximum Gasteiger partial charge on any atom is 0.258 e. The lowest BCUT2D eigenvalue weighted by molar-refractivity contribution is 0.0993. The van der Waals surface area contributed by atoms with Crippen molar-refractivity contribution in [1.29, 1.82) is 0 Å². The highest BCUT2D eigenvalue weighted by atomic mass is 16.2. The van der Waals surface area contributed by atoms with Crippen LogP contribution in [0.25, 0.3) is 10.8 Å². The zero-order valence-corrected chi connectivity index (χ0v) is 13.7. The van der Waals surface area contributed by atoms with Crippen molar-refractivity contribution in [3.63, 3.8) is 0 Å². The lowest BCUT2D eigenvalue weighted by atomic mass is 10.0. The van der Waals surface area contributed by atoms with Crippen molar-refractivity contribution in [3.8, 4) is 0 Å². The Hall–Kier alpha value is -2.03. The van der Waals surface area contributed by atoms with Gasteiger partial charge in [-0.2, -0.15) is 0 Å². The SMILES string of the molecule is CC.CC.CCCN1C(=O)c2cccc3c(N)ccc1c23. The fourth-order valence-corrected chi connectivity index (χ4v) is 2.51. The summed E-state index contributed by atoms with van der Waals surface area (Å²) >= 11 is 0. The van der Waals surface area contributed by atoms with Gasteiger partial charge in [0.05, 0.1) is 5.69 Å². The zero-order chi connectivity index (χ0) is 16.0. The Labute approximate surface area is 127 Å². The van der Waals surface area contributed by atoms with Crippen LogP contribution in [0.5, 0.6) is 0 Å². The molecular weight excluding hydrogens is 260 g/mol. The van der Waals surface area contributed by atoms with Crippen LogP contribution in [-0.2, 0) is 0 Å². The molecule has 3 nitrogen and oxygen atoms in total. The minimum atomic E-state index is 0.0954. The van der Waals surface area contributed by atoms with Crippen LogP contribution in [0.3, 0.4) is 0 Å². The molecule has 0 radical (unpaired) electrons. The number of hydrogen-bond acceptors (Lipinski definition) is 2. The Kier molecular flexibility index (Phi) is 6.22. The quantitative estimate of drug-likeness (QED) is 0.802. The Morgan fingerprint density at radius 3 is 2.33 bits per heavy atom. The molecule has 0 saturated carbocycles. The van der Waals surface area contributed by atoms with Crippen LogP contribution in [0.1, 0.15) is 51.4 Å². The van der Waals surface area contributed by atoms with Crippen LogP contribution in [-0.4, -0.2) is 12.5 Å². The van der Waals surface area contributed by atoms with Crippen LogP contribution in [0.15, 0.2) is 30.3 Å². The second-order valence-electron chi connectivity index (χ2n) is 4.36. The van der Waals surface area contributed by atoms with E-state index in [4.69, 9.17) is 5.73 Å². The molecule has 1 aliphatic heterocycles. The summed E-state index contributed by atoms with van der Waals surface area (Å²) in [5.41, 5.74) is 8.46. The average Bonchev–Trinajstić information content (AvgIpc) is 2.82. The highest BCUT2D eigenvalue weighted by molar-refractivity contribution is 6.26. The largest absolute Gasteiger partial charge is 0.398 e. The molecule has 114 valence electrons. The summed E-state index contributed by atoms with van der Waals surface area (Å²) in [5.74, 6) is 0.0954. The van der Waals surface area contributed by atoms with Gasteiger partial charge in [-0.05, 0) is 24.6 Å². The molecule has 1 heterocycles. The van der Waals surface area contributed by atoms with Gasteiger partial charge in [0.25, 0.3) is 5.91 Å². The molecule has 2 aromatic rings. The summed E-state index contributed by atoms with van der Waals surface area (Å²) in [4.78, 5) is 14.1. The normalized spacial score (nSPS) is 11.7. The van der Waals surface area contributed by atoms with E-state index >= 15 is 0 Å². The summed E-state index contributed by atoms with van der Waals surface area (Å²) in [6.07, 6.45) is 0.950. The topological polar surface area (TPSA) is 46.3 Å². The lowest BCUT2D eigenvalue weighted by Crippen LogP contribution is -2.27. The van der Waals surface area contributed by atoms with Crippen LogP contribution in [0, 0.1) is 0 Å². The second kappa shape index (κ2) is 7.67. The van der Waals surface area contributed by atoms with E-state index in [9.17, 15) is 4.79 Å². The van der Waals surface area contributed by atoms with Gasteiger partial charge >= 0.3 is 0 Å². The van der Waals surface area contributed by atoms with Gasteiger partial charge in [-0.25, -0.2) is 0 Å². The standard InChI is InChI=1S/C14H14N2O.2C2H6/c1-2-8-16-12-7-6-11(15)9-4-3-5-10(13(9)12)14(16)17;2*1-2/h3-7H,2,8,15H2,1H3;2*1-2H3. The molecule has 3 heteroatoms. The molecule has 0 unspecified atom stereocenters. The summed E-state index contributed by atoms with van der Waals surface area (Å²) in [6, 6.07) is 9.57. The molecule has 0 fully saturated rings. The number of carbonyl (C=O) groups excluding carboxylic acids is 1. The number of rotatable bonds is 2. The van der Waals surface area contributed by atoms with E-state index in [1.165, 1.54) is 0 Å². The number of carbonyl (C=O) groups is 1. The van der Waals surface area contributed by atoms with E-state index in [1.807, 2.05) is 62.9 Å². The fraction of sp³-hybridized carbons (Fsp3) is 0.389. The van der Waals surface area contributed by atoms with E-state index < -0.39 is 0 Å². The minimum absolute atomic E-state index is 0.0954. The van der Waals surface area contributed by atoms with Gasteiger partial charge in [-0.1, -0.05) is 46.8 Å². The van der Waals surface area contributed by atoms with Crippen molar-refractivity contribution in [2.45, 2.75) is 41.0 Å². The number of nitrogens with two attached hydrogens (primary N) is 1. The first kappa shape index (κ1) is 17.0. The van der Waals surface area contributed by atoms with Gasteiger partial charge in [0.1, 0.15) is 0 Å². The van der Waals surface area contributed by atoms with Gasteiger partial charge in [-0.15, -0.1) is 0 Å². The van der Waals surface area contributed by atoms with Gasteiger partial charge in [-0.3, -0.25) is 4.79 Å². The van der Waals surface area contributed by atoms with Crippen molar-refractivity contribution in [2.24, 2.45) is 0 Å². The monoisotopic (exact) mass is 286 g/mol. The molecule has 1 amide bonds. The van der Waals surface area contributed by atoms with E-state index in [0.717, 1.165) is 40.7 Å². The van der Waals surface area contributed by atoms with E-state index in [-0.39, 0.29) is 5.91 Å². The predicted molar refractivity (Wildman–Crippen MR) is 93.0 cm³/mol. The molecule has 0 aromatic heterocycles. The van der Waals surface area contributed by atoms with Crippen molar-refractivity contribution >= 4 is 28.1 Å². The summed E-state index contributed by atoms with van der Waals surface area (Å²) < 4.78 is 0. The lowest BCUT2D eigenvalue weighted by Gasteiger charge is -2.16. The molecule has 2 N–H and O–H groups in total. The molecule has 1 aliphatic rings. The second-order valence-corrected chi connectivity index (χ2v) is 4.36. The van der Waals surface area contributed by atoms with Crippen molar-refractivity contribution in [2.75, 3.05) is 17.2 Å². The smallest absolute Gasteiger partial charge is 0.258 e. The van der Waals surface area contributed by atoms with Gasteiger partial charge < -0.3 is 10.6 Å². The Morgan fingerprint density at radius 1 is 1.05 bits per heavy atom. The molecular formula is C18H26N2O. The number of nitrogens with zero attached hydrogens (tertiary/aromatic N) is 1. The Balaban J connectivity index is 0.000000510. The summed E-state index contributed by atoms with van der Waals surface area (Å²) in [7, 11) is 0. The van der Waals surface area contributed by atoms with Crippen LogP contribution in [0.2, 0.25) is 0 Å². The van der Waals surface area contributed by atoms with E-state index in [0.29, 0.717) is 0 Å². The summed E-state index contributed by atoms with van der Waals surface area (Å²) in [6.45, 7) is 10.8. The van der Waals surface area contributed by atoms with Crippen LogP contribution < -0.4 is 10.6 Å². The van der Waals surface area contributed by atoms with E-state index in [1.54, 1.807) is 0 Å². The molecule has 0 atom stereocenters. The summed E-state index contributed by atoms with van der Waals surface area (Å²) in [5, 5.41) is 1.98. The van der Waals surface area contributed by atoms with Crippen molar-refractivity contribution in [1.82, 2.24) is 0 Å². The fourth-order valence-electron chi connectivity index (χ4n) is 2.51. The maximum absolute atomic E-state index is 12.3. The third-order valence-electron chi connectivity index (χ3n) is 3.27. The number of anilines is 2. The van der Waals surface area contributed by atoms with Gasteiger partial charge in [0.2, 0.25) is 0 Å². The molecule has 0 bridgehead atoms. The van der Waals surface area contributed by atoms with Gasteiger partial charge in [0.15, 0.2) is 0 Å². The minimum Gasteiger partial charge on any atom is -0.398 e. The predicted octanol–water partition coefficient (Wildman–Crippen LogP) is 4.84. The number of nitrogen functional groups attached to an aromatic ring is 1. The molecule has 3 rings (SSSR count). The maximum atomic E-state index is 12.3. The van der Waals surface area contributed by atoms with Crippen molar-refractivity contribution < 1.29 is 4.79 Å². The molecule has 0 saturated heterocycles. The molecule has 2 aromatic carbocycles. The first-order valence-electron chi connectivity index (χ1n) is 7.87. The average molecular weight is 286 g/mol. The Bertz CT molecular complexity index is 620. The van der Waals surface area contributed by atoms with Gasteiger partial charge in [0, 0.05) is 28.6 Å². The highest BCUT2D eigenvalue weighted by Crippen LogP contribution is 2.39. The van der Waals surface area contributed by atoms with Crippen LogP contribution >= 0.6 is 0 Å². The first-order chi connectivity index (χ1) is 10.2. The number of amides is 1. The first-order valence-corrected chi connectivity index (χ1v) is 7.87.